The summed E-state index contributed by atoms with van der Waals surface area (Å²) in [5.74, 6) is -0.0337. The van der Waals surface area contributed by atoms with Crippen molar-refractivity contribution >= 4 is 34.4 Å². The van der Waals surface area contributed by atoms with E-state index in [2.05, 4.69) is 46.2 Å². The van der Waals surface area contributed by atoms with Crippen molar-refractivity contribution in [3.8, 4) is 0 Å². The number of unbranched alkanes of at least 4 members (excludes halogenated alkanes) is 1. The number of hydrogen-bond donors (Lipinski definition) is 2. The Kier molecular flexibility index (Phi) is 9.73. The molecule has 2 N–H and O–H groups in total. The third kappa shape index (κ3) is 6.67. The number of aromatic nitrogens is 1. The molecule has 2 heterocycles. The fourth-order valence-corrected chi connectivity index (χ4v) is 6.38. The number of benzene rings is 1. The van der Waals surface area contributed by atoms with Crippen molar-refractivity contribution in [2.24, 2.45) is 5.92 Å². The molecule has 1 fully saturated rings. The zero-order valence-corrected chi connectivity index (χ0v) is 23.3. The van der Waals surface area contributed by atoms with Crippen LogP contribution in [0.4, 0.5) is 4.79 Å². The molecule has 3 amide bonds. The van der Waals surface area contributed by atoms with Gasteiger partial charge in [0.05, 0.1) is 5.92 Å². The number of urea groups is 1. The summed E-state index contributed by atoms with van der Waals surface area (Å²) in [5, 5.41) is 4.08. The first kappa shape index (κ1) is 28.7. The van der Waals surface area contributed by atoms with Crippen molar-refractivity contribution in [3.63, 3.8) is 0 Å². The Balaban J connectivity index is 1.45. The van der Waals surface area contributed by atoms with Crippen LogP contribution in [0.1, 0.15) is 75.8 Å². The molecule has 210 valence electrons. The fraction of sp³-hybridized carbons (Fsp3) is 0.548. The second kappa shape index (κ2) is 13.2. The number of amides is 3. The monoisotopic (exact) mass is 534 g/mol. The maximum atomic E-state index is 13.9. The van der Waals surface area contributed by atoms with E-state index in [9.17, 15) is 19.2 Å². The number of hydrogen-bond acceptors (Lipinski definition) is 5. The number of nitrogens with one attached hydrogen (secondary N) is 2. The molecule has 1 aromatic carbocycles. The number of H-pyrrole nitrogens is 1. The summed E-state index contributed by atoms with van der Waals surface area (Å²) in [6.07, 6.45) is 8.63. The lowest BCUT2D eigenvalue weighted by Crippen LogP contribution is -2.55. The molecule has 39 heavy (non-hydrogen) atoms. The van der Waals surface area contributed by atoms with Gasteiger partial charge in [-0.25, -0.2) is 4.79 Å². The van der Waals surface area contributed by atoms with Gasteiger partial charge in [0.2, 0.25) is 5.91 Å². The average molecular weight is 535 g/mol. The second-order valence-electron chi connectivity index (χ2n) is 11.0. The van der Waals surface area contributed by atoms with Crippen LogP contribution in [0.25, 0.3) is 10.9 Å². The smallest absolute Gasteiger partial charge is 0.324 e. The van der Waals surface area contributed by atoms with Gasteiger partial charge >= 0.3 is 6.03 Å². The minimum atomic E-state index is -0.369. The molecule has 1 saturated heterocycles. The summed E-state index contributed by atoms with van der Waals surface area (Å²) >= 11 is 0. The quantitative estimate of drug-likeness (QED) is 0.285. The summed E-state index contributed by atoms with van der Waals surface area (Å²) in [7, 11) is 0. The highest BCUT2D eigenvalue weighted by atomic mass is 16.2. The highest BCUT2D eigenvalue weighted by Gasteiger charge is 2.43. The van der Waals surface area contributed by atoms with Crippen LogP contribution >= 0.6 is 0 Å². The predicted molar refractivity (Wildman–Crippen MR) is 153 cm³/mol. The lowest BCUT2D eigenvalue weighted by molar-refractivity contribution is -0.135. The third-order valence-electron chi connectivity index (χ3n) is 8.20. The van der Waals surface area contributed by atoms with Crippen LogP contribution < -0.4 is 5.32 Å². The van der Waals surface area contributed by atoms with Crippen molar-refractivity contribution in [3.05, 3.63) is 48.2 Å². The van der Waals surface area contributed by atoms with Crippen LogP contribution in [0, 0.1) is 5.92 Å². The van der Waals surface area contributed by atoms with Crippen LogP contribution in [0.2, 0.25) is 0 Å². The van der Waals surface area contributed by atoms with Gasteiger partial charge in [-0.15, -0.1) is 6.58 Å². The molecule has 8 heteroatoms. The van der Waals surface area contributed by atoms with Crippen LogP contribution in [0.15, 0.2) is 37.1 Å². The highest BCUT2D eigenvalue weighted by molar-refractivity contribution is 5.96. The van der Waals surface area contributed by atoms with E-state index in [1.165, 1.54) is 28.3 Å². The molecule has 2 aromatic rings. The number of imide groups is 1. The number of Topliss-reactive ketones (excluding diaryl/α,β-unsaturated/α-hetero) is 2. The van der Waals surface area contributed by atoms with Gasteiger partial charge in [-0.05, 0) is 63.1 Å². The van der Waals surface area contributed by atoms with E-state index >= 15 is 0 Å². The van der Waals surface area contributed by atoms with E-state index in [4.69, 9.17) is 0 Å². The van der Waals surface area contributed by atoms with Gasteiger partial charge in [0, 0.05) is 74.5 Å². The maximum Gasteiger partial charge on any atom is 0.324 e. The Hall–Kier alpha value is -3.26. The molecular weight excluding hydrogens is 492 g/mol. The lowest BCUT2D eigenvalue weighted by Gasteiger charge is -2.47. The van der Waals surface area contributed by atoms with Gasteiger partial charge in [0.15, 0.2) is 0 Å². The molecule has 1 aliphatic heterocycles. The molecule has 4 rings (SSSR count). The van der Waals surface area contributed by atoms with Gasteiger partial charge < -0.3 is 15.1 Å². The van der Waals surface area contributed by atoms with E-state index in [0.29, 0.717) is 64.6 Å². The Morgan fingerprint density at radius 1 is 1.15 bits per heavy atom. The van der Waals surface area contributed by atoms with Gasteiger partial charge in [-0.1, -0.05) is 18.2 Å². The number of likely N-dealkylation sites (tertiary alicyclic amines) is 1. The van der Waals surface area contributed by atoms with Crippen molar-refractivity contribution in [1.29, 1.82) is 0 Å². The number of fused-ring (bicyclic) bond motifs is 2. The molecule has 0 bridgehead atoms. The van der Waals surface area contributed by atoms with Crippen LogP contribution in [-0.4, -0.2) is 70.5 Å². The van der Waals surface area contributed by atoms with Gasteiger partial charge in [-0.3, -0.25) is 19.4 Å². The van der Waals surface area contributed by atoms with E-state index in [1.807, 2.05) is 13.0 Å². The molecule has 3 atom stereocenters. The zero-order chi connectivity index (χ0) is 27.9. The van der Waals surface area contributed by atoms with E-state index in [-0.39, 0.29) is 47.9 Å². The second-order valence-corrected chi connectivity index (χ2v) is 11.0. The summed E-state index contributed by atoms with van der Waals surface area (Å²) in [6, 6.07) is 6.27. The standard InChI is InChI=1S/C31H42N4O4/c1-4-15-34-20-23(17-26-25-13-9-14-27-29(25)22(19-33-27)18-28(26)34)30(38)35(31(39)32-5-2)16-7-6-11-24(37)12-8-10-21(3)36/h4,9,13-14,19,23,26,28,33H,1,5-8,10-12,15-18,20H2,2-3H3,(H,32,39)/t23-,26-,28-/m1/s1. The Morgan fingerprint density at radius 3 is 2.69 bits per heavy atom. The van der Waals surface area contributed by atoms with Gasteiger partial charge in [-0.2, -0.15) is 0 Å². The molecule has 1 aliphatic carbocycles. The van der Waals surface area contributed by atoms with E-state index in [0.717, 1.165) is 11.9 Å². The summed E-state index contributed by atoms with van der Waals surface area (Å²) in [4.78, 5) is 57.3. The molecule has 0 radical (unpaired) electrons. The molecule has 1 aromatic heterocycles. The maximum absolute atomic E-state index is 13.9. The number of carbonyl (C=O) groups is 4. The van der Waals surface area contributed by atoms with Crippen molar-refractivity contribution in [2.45, 2.75) is 77.2 Å². The first-order valence-corrected chi connectivity index (χ1v) is 14.4. The zero-order valence-electron chi connectivity index (χ0n) is 23.3. The first-order chi connectivity index (χ1) is 18.8. The van der Waals surface area contributed by atoms with Gasteiger partial charge in [0.25, 0.3) is 0 Å². The number of aromatic amines is 1. The van der Waals surface area contributed by atoms with E-state index < -0.39 is 0 Å². The first-order valence-electron chi connectivity index (χ1n) is 14.4. The van der Waals surface area contributed by atoms with Crippen LogP contribution in [0.3, 0.4) is 0 Å². The lowest BCUT2D eigenvalue weighted by atomic mass is 9.72. The number of nitrogens with zero attached hydrogens (tertiary/aromatic N) is 2. The number of rotatable bonds is 13. The SMILES string of the molecule is C=CCN1C[C@H](C(=O)N(CCCCC(=O)CCCC(C)=O)C(=O)NCC)C[C@@H]2c3cccc4[nH]cc(c34)C[C@H]21. The fourth-order valence-electron chi connectivity index (χ4n) is 6.38. The Bertz CT molecular complexity index is 1220. The normalized spacial score (nSPS) is 20.3. The molecule has 0 spiro atoms. The van der Waals surface area contributed by atoms with Crippen molar-refractivity contribution < 1.29 is 19.2 Å². The Morgan fingerprint density at radius 2 is 1.95 bits per heavy atom. The largest absolute Gasteiger partial charge is 0.361 e. The molecular formula is C31H42N4O4. The van der Waals surface area contributed by atoms with Crippen LogP contribution in [-0.2, 0) is 20.8 Å². The Labute approximate surface area is 231 Å². The molecule has 8 nitrogen and oxygen atoms in total. The van der Waals surface area contributed by atoms with Gasteiger partial charge in [0.1, 0.15) is 11.6 Å². The minimum Gasteiger partial charge on any atom is -0.361 e. The van der Waals surface area contributed by atoms with Crippen molar-refractivity contribution in [2.75, 3.05) is 26.2 Å². The molecule has 2 aliphatic rings. The van der Waals surface area contributed by atoms with Crippen molar-refractivity contribution in [1.82, 2.24) is 20.1 Å². The molecule has 0 unspecified atom stereocenters. The van der Waals surface area contributed by atoms with E-state index in [1.54, 1.807) is 0 Å². The average Bonchev–Trinajstić information content (AvgIpc) is 3.33. The number of carbonyl (C=O) groups excluding carboxylic acids is 4. The number of ketones is 2. The predicted octanol–water partition coefficient (Wildman–Crippen LogP) is 4.74. The highest BCUT2D eigenvalue weighted by Crippen LogP contribution is 2.45. The van der Waals surface area contributed by atoms with Crippen LogP contribution in [0.5, 0.6) is 0 Å². The third-order valence-corrected chi connectivity index (χ3v) is 8.20. The summed E-state index contributed by atoms with van der Waals surface area (Å²) in [5.41, 5.74) is 3.73. The molecule has 0 saturated carbocycles. The summed E-state index contributed by atoms with van der Waals surface area (Å²) in [6.45, 7) is 9.34. The minimum absolute atomic E-state index is 0.0954. The number of piperidine rings is 1. The summed E-state index contributed by atoms with van der Waals surface area (Å²) < 4.78 is 0. The topological polar surface area (TPSA) is 103 Å².